The molecule has 0 aromatic heterocycles. The first-order chi connectivity index (χ1) is 23.2. The number of aliphatic hydroxyl groups excluding tert-OH is 1. The largest absolute Gasteiger partial charge is 0.456 e. The Hall–Kier alpha value is -4.71. The number of rotatable bonds is 5. The van der Waals surface area contributed by atoms with Crippen molar-refractivity contribution in [1.82, 2.24) is 9.48 Å². The van der Waals surface area contributed by atoms with E-state index in [0.29, 0.717) is 5.92 Å². The van der Waals surface area contributed by atoms with E-state index in [1.807, 2.05) is 0 Å². The van der Waals surface area contributed by atoms with Crippen molar-refractivity contribution < 1.29 is 9.52 Å². The summed E-state index contributed by atoms with van der Waals surface area (Å²) in [7, 11) is 0. The number of hydrogen-bond donors (Lipinski definition) is 1. The Morgan fingerprint density at radius 3 is 2.57 bits per heavy atom. The Bertz CT molecular complexity index is 2160. The Morgan fingerprint density at radius 2 is 1.64 bits per heavy atom. The molecule has 0 saturated carbocycles. The minimum Gasteiger partial charge on any atom is -0.456 e. The van der Waals surface area contributed by atoms with Gasteiger partial charge in [0.05, 0.1) is 6.07 Å². The highest BCUT2D eigenvalue weighted by atomic mass is 16.3. The molecular weight excluding hydrogens is 578 g/mol. The summed E-state index contributed by atoms with van der Waals surface area (Å²) in [5.74, 6) is 1.26. The summed E-state index contributed by atoms with van der Waals surface area (Å²) >= 11 is 0. The molecule has 1 atom stereocenters. The number of fused-ring (bicyclic) bond motifs is 4. The second-order valence-corrected chi connectivity index (χ2v) is 13.5. The first-order valence-electron chi connectivity index (χ1n) is 17.2. The molecule has 0 bridgehead atoms. The molecule has 47 heavy (non-hydrogen) atoms. The summed E-state index contributed by atoms with van der Waals surface area (Å²) in [6.45, 7) is 5.08. The second-order valence-electron chi connectivity index (χ2n) is 13.5. The molecule has 1 N–H and O–H groups in total. The van der Waals surface area contributed by atoms with E-state index < -0.39 is 0 Å². The zero-order valence-corrected chi connectivity index (χ0v) is 26.7. The lowest BCUT2D eigenvalue weighted by molar-refractivity contribution is 0.116. The standard InChI is InChI=1S/C42H40N3O2/c46-28-29-8-7-21-43(26-29)27-32-11-1-4-12-35(32)42-36-17-15-33(44-22-19-30-9-2-5-13-38(30)44)24-40(36)47-41-25-34(16-18-37(41)42)45-23-20-31-10-3-6-14-39(31)45/h1-6,9-18,24-25,29,46H,7-8,19-23,26-28H2/q+1. The molecule has 1 aliphatic carbocycles. The third kappa shape index (κ3) is 5.06. The van der Waals surface area contributed by atoms with Crippen LogP contribution < -0.4 is 14.8 Å². The number of likely N-dealkylation sites (tertiary alicyclic amines) is 1. The van der Waals surface area contributed by atoms with Gasteiger partial charge in [0.15, 0.2) is 6.54 Å². The van der Waals surface area contributed by atoms with Gasteiger partial charge in [0.1, 0.15) is 11.3 Å². The molecule has 1 fully saturated rings. The molecular formula is C42H40N3O2+. The average Bonchev–Trinajstić information content (AvgIpc) is 3.76. The second kappa shape index (κ2) is 11.8. The molecule has 4 heterocycles. The number of benzene rings is 5. The first-order valence-corrected chi connectivity index (χ1v) is 17.2. The molecule has 4 aliphatic heterocycles. The molecule has 4 aromatic carbocycles. The molecule has 5 aliphatic rings. The van der Waals surface area contributed by atoms with Gasteiger partial charge in [-0.2, -0.15) is 4.58 Å². The van der Waals surface area contributed by atoms with Crippen molar-refractivity contribution in [3.8, 4) is 22.5 Å². The number of anilines is 2. The van der Waals surface area contributed by atoms with Gasteiger partial charge in [-0.25, -0.2) is 0 Å². The van der Waals surface area contributed by atoms with Crippen LogP contribution in [0.4, 0.5) is 17.1 Å². The van der Waals surface area contributed by atoms with Gasteiger partial charge in [0.25, 0.3) is 0 Å². The van der Waals surface area contributed by atoms with Crippen LogP contribution in [0, 0.1) is 5.92 Å². The lowest BCUT2D eigenvalue weighted by atomic mass is 9.90. The van der Waals surface area contributed by atoms with Crippen LogP contribution in [0.1, 0.15) is 29.5 Å². The van der Waals surface area contributed by atoms with Gasteiger partial charge in [0, 0.05) is 84.3 Å². The Kier molecular flexibility index (Phi) is 7.17. The van der Waals surface area contributed by atoms with E-state index in [9.17, 15) is 5.11 Å². The molecule has 5 heteroatoms. The predicted molar refractivity (Wildman–Crippen MR) is 190 cm³/mol. The maximum absolute atomic E-state index is 9.91. The van der Waals surface area contributed by atoms with Crippen LogP contribution in [0.3, 0.4) is 0 Å². The monoisotopic (exact) mass is 618 g/mol. The van der Waals surface area contributed by atoms with Crippen molar-refractivity contribution in [1.29, 1.82) is 0 Å². The van der Waals surface area contributed by atoms with E-state index in [2.05, 4.69) is 124 Å². The highest BCUT2D eigenvalue weighted by Crippen LogP contribution is 2.44. The average molecular weight is 619 g/mol. The lowest BCUT2D eigenvalue weighted by Gasteiger charge is -2.32. The molecule has 1 saturated heterocycles. The fraction of sp³-hybridized carbons (Fsp3) is 0.262. The predicted octanol–water partition coefficient (Wildman–Crippen LogP) is 7.76. The maximum atomic E-state index is 9.91. The van der Waals surface area contributed by atoms with Gasteiger partial charge in [-0.05, 0) is 72.7 Å². The zero-order valence-electron chi connectivity index (χ0n) is 26.7. The van der Waals surface area contributed by atoms with E-state index in [1.165, 1.54) is 39.2 Å². The number of nitrogens with zero attached hydrogens (tertiary/aromatic N) is 3. The van der Waals surface area contributed by atoms with Crippen molar-refractivity contribution in [2.75, 3.05) is 37.7 Å². The zero-order chi connectivity index (χ0) is 31.3. The van der Waals surface area contributed by atoms with Crippen molar-refractivity contribution in [2.45, 2.75) is 32.2 Å². The van der Waals surface area contributed by atoms with Crippen molar-refractivity contribution >= 4 is 28.0 Å². The van der Waals surface area contributed by atoms with E-state index in [0.717, 1.165) is 91.7 Å². The summed E-state index contributed by atoms with van der Waals surface area (Å²) in [5.41, 5.74) is 12.4. The topological polar surface area (TPSA) is 42.9 Å². The molecule has 0 radical (unpaired) electrons. The lowest BCUT2D eigenvalue weighted by Crippen LogP contribution is -2.36. The minimum atomic E-state index is 0.265. The van der Waals surface area contributed by atoms with Crippen LogP contribution in [0.25, 0.3) is 33.4 Å². The SMILES string of the molecule is OCC1CCCN(Cc2ccccc2-c2c3ccc(=[N+]4CCc5ccccc54)cc-3oc3cc(N4CCc5ccccc54)ccc23)C1. The summed E-state index contributed by atoms with van der Waals surface area (Å²) < 4.78 is 9.34. The van der Waals surface area contributed by atoms with Crippen LogP contribution in [-0.4, -0.2) is 42.8 Å². The van der Waals surface area contributed by atoms with E-state index in [-0.39, 0.29) is 6.61 Å². The van der Waals surface area contributed by atoms with Crippen LogP contribution >= 0.6 is 0 Å². The molecule has 0 amide bonds. The quantitative estimate of drug-likeness (QED) is 0.158. The van der Waals surface area contributed by atoms with Crippen LogP contribution in [0.2, 0.25) is 0 Å². The van der Waals surface area contributed by atoms with Gasteiger partial charge >= 0.3 is 0 Å². The molecule has 4 aromatic rings. The molecule has 9 rings (SSSR count). The van der Waals surface area contributed by atoms with Crippen LogP contribution in [-0.2, 0) is 19.4 Å². The van der Waals surface area contributed by atoms with E-state index >= 15 is 0 Å². The van der Waals surface area contributed by atoms with Crippen LogP contribution in [0.5, 0.6) is 0 Å². The summed E-state index contributed by atoms with van der Waals surface area (Å²) in [5, 5.41) is 12.2. The molecule has 5 nitrogen and oxygen atoms in total. The smallest absolute Gasteiger partial charge is 0.209 e. The third-order valence-corrected chi connectivity index (χ3v) is 10.6. The number of para-hydroxylation sites is 2. The molecule has 234 valence electrons. The fourth-order valence-electron chi connectivity index (χ4n) is 8.29. The summed E-state index contributed by atoms with van der Waals surface area (Å²) in [6, 6.07) is 40.0. The van der Waals surface area contributed by atoms with Gasteiger partial charge in [0.2, 0.25) is 11.0 Å². The van der Waals surface area contributed by atoms with Gasteiger partial charge in [-0.3, -0.25) is 4.90 Å². The Labute approximate surface area is 276 Å². The summed E-state index contributed by atoms with van der Waals surface area (Å²) in [4.78, 5) is 4.94. The molecule has 0 spiro atoms. The molecule has 1 unspecified atom stereocenters. The maximum Gasteiger partial charge on any atom is 0.209 e. The number of aliphatic hydroxyl groups is 1. The first kappa shape index (κ1) is 28.5. The van der Waals surface area contributed by atoms with Gasteiger partial charge < -0.3 is 14.4 Å². The van der Waals surface area contributed by atoms with E-state index in [4.69, 9.17) is 4.42 Å². The third-order valence-electron chi connectivity index (χ3n) is 10.6. The number of hydrogen-bond acceptors (Lipinski definition) is 4. The Balaban J connectivity index is 1.24. The normalized spacial score (nSPS) is 19.0. The summed E-state index contributed by atoms with van der Waals surface area (Å²) in [6.07, 6.45) is 4.35. The minimum absolute atomic E-state index is 0.265. The van der Waals surface area contributed by atoms with Crippen LogP contribution in [0.15, 0.2) is 114 Å². The fourth-order valence-corrected chi connectivity index (χ4v) is 8.29. The van der Waals surface area contributed by atoms with Crippen molar-refractivity contribution in [3.63, 3.8) is 0 Å². The highest BCUT2D eigenvalue weighted by Gasteiger charge is 2.27. The van der Waals surface area contributed by atoms with Gasteiger partial charge in [-0.15, -0.1) is 0 Å². The highest BCUT2D eigenvalue weighted by molar-refractivity contribution is 6.03. The van der Waals surface area contributed by atoms with Crippen molar-refractivity contribution in [3.05, 3.63) is 131 Å². The number of piperidine rings is 1. The van der Waals surface area contributed by atoms with E-state index in [1.54, 1.807) is 0 Å². The van der Waals surface area contributed by atoms with Crippen molar-refractivity contribution in [2.24, 2.45) is 5.92 Å². The Morgan fingerprint density at radius 1 is 0.787 bits per heavy atom. The van der Waals surface area contributed by atoms with Gasteiger partial charge in [-0.1, -0.05) is 60.7 Å².